The predicted molar refractivity (Wildman–Crippen MR) is 120 cm³/mol. The van der Waals surface area contributed by atoms with Gasteiger partial charge in [0.1, 0.15) is 12.1 Å². The van der Waals surface area contributed by atoms with Gasteiger partial charge in [-0.15, -0.1) is 0 Å². The summed E-state index contributed by atoms with van der Waals surface area (Å²) in [4.78, 5) is 15.2. The number of aryl methyl sites for hydroxylation is 1. The second-order valence-corrected chi connectivity index (χ2v) is 8.81. The summed E-state index contributed by atoms with van der Waals surface area (Å²) < 4.78 is 23.1. The average molecular weight is 437 g/mol. The third-order valence-electron chi connectivity index (χ3n) is 6.83. The quantitative estimate of drug-likeness (QED) is 0.539. The predicted octanol–water partition coefficient (Wildman–Crippen LogP) is 3.78. The number of benzene rings is 2. The highest BCUT2D eigenvalue weighted by Crippen LogP contribution is 2.37. The lowest BCUT2D eigenvalue weighted by atomic mass is 9.99. The first-order valence-electron chi connectivity index (χ1n) is 11.5. The summed E-state index contributed by atoms with van der Waals surface area (Å²) in [5, 5.41) is 4.30. The maximum Gasteiger partial charge on any atom is 0.350 e. The maximum atomic E-state index is 13.9. The molecule has 2 aromatic carbocycles. The molecule has 0 N–H and O–H groups in total. The van der Waals surface area contributed by atoms with Crippen molar-refractivity contribution in [2.24, 2.45) is 0 Å². The van der Waals surface area contributed by atoms with E-state index in [-0.39, 0.29) is 17.6 Å². The zero-order valence-electron chi connectivity index (χ0n) is 18.1. The van der Waals surface area contributed by atoms with Gasteiger partial charge in [0, 0.05) is 30.7 Å². The van der Waals surface area contributed by atoms with Crippen molar-refractivity contribution in [3.8, 4) is 5.69 Å². The molecule has 168 valence electrons. The molecule has 0 spiro atoms. The summed E-state index contributed by atoms with van der Waals surface area (Å²) in [6.07, 6.45) is 7.03. The lowest BCUT2D eigenvalue weighted by Gasteiger charge is -2.38. The molecule has 2 saturated heterocycles. The molecule has 7 heteroatoms. The van der Waals surface area contributed by atoms with Crippen molar-refractivity contribution in [2.75, 3.05) is 6.54 Å². The molecular formula is C25H29FN4O2. The zero-order valence-corrected chi connectivity index (χ0v) is 18.1. The molecule has 0 saturated carbocycles. The normalized spacial score (nSPS) is 23.0. The molecule has 6 nitrogen and oxygen atoms in total. The lowest BCUT2D eigenvalue weighted by Crippen LogP contribution is -2.46. The second kappa shape index (κ2) is 9.38. The first-order valence-corrected chi connectivity index (χ1v) is 11.5. The molecule has 2 fully saturated rings. The van der Waals surface area contributed by atoms with Crippen LogP contribution in [0.2, 0.25) is 0 Å². The molecule has 2 atom stereocenters. The lowest BCUT2D eigenvalue weighted by molar-refractivity contribution is -0.0293. The minimum Gasteiger partial charge on any atom is -0.373 e. The van der Waals surface area contributed by atoms with Crippen molar-refractivity contribution >= 4 is 0 Å². The van der Waals surface area contributed by atoms with Crippen molar-refractivity contribution in [1.29, 1.82) is 0 Å². The summed E-state index contributed by atoms with van der Waals surface area (Å²) in [7, 11) is 0. The Morgan fingerprint density at radius 3 is 2.44 bits per heavy atom. The molecular weight excluding hydrogens is 407 g/mol. The van der Waals surface area contributed by atoms with Crippen LogP contribution in [-0.2, 0) is 17.9 Å². The Hall–Kier alpha value is -2.77. The third kappa shape index (κ3) is 4.40. The first-order chi connectivity index (χ1) is 15.7. The van der Waals surface area contributed by atoms with Gasteiger partial charge in [-0.2, -0.15) is 5.10 Å². The van der Waals surface area contributed by atoms with Crippen molar-refractivity contribution in [2.45, 2.75) is 63.4 Å². The van der Waals surface area contributed by atoms with Crippen LogP contribution in [0.15, 0.2) is 65.7 Å². The number of hydrogen-bond donors (Lipinski definition) is 0. The van der Waals surface area contributed by atoms with Gasteiger partial charge in [0.2, 0.25) is 0 Å². The molecule has 2 aliphatic rings. The highest BCUT2D eigenvalue weighted by Gasteiger charge is 2.40. The van der Waals surface area contributed by atoms with Crippen LogP contribution in [-0.4, -0.2) is 44.0 Å². The van der Waals surface area contributed by atoms with Crippen molar-refractivity contribution in [3.63, 3.8) is 0 Å². The van der Waals surface area contributed by atoms with Crippen LogP contribution in [0.3, 0.4) is 0 Å². The Kier molecular flexibility index (Phi) is 6.19. The minimum absolute atomic E-state index is 0.0978. The highest BCUT2D eigenvalue weighted by atomic mass is 19.1. The molecule has 0 amide bonds. The van der Waals surface area contributed by atoms with Crippen LogP contribution in [0.25, 0.3) is 5.69 Å². The average Bonchev–Trinajstić information content (AvgIpc) is 3.29. The van der Waals surface area contributed by atoms with Gasteiger partial charge < -0.3 is 4.74 Å². The number of rotatable bonds is 8. The SMILES string of the molecule is O=c1n(-c2ccccc2)cnn1CCCN1C2CCC1CC(OCc1ccccc1F)C2. The number of hydrogen-bond acceptors (Lipinski definition) is 4. The molecule has 5 rings (SSSR count). The molecule has 2 aliphatic heterocycles. The Morgan fingerprint density at radius 2 is 1.69 bits per heavy atom. The van der Waals surface area contributed by atoms with Crippen LogP contribution in [0.5, 0.6) is 0 Å². The van der Waals surface area contributed by atoms with E-state index >= 15 is 0 Å². The molecule has 0 radical (unpaired) electrons. The van der Waals surface area contributed by atoms with E-state index in [0.717, 1.165) is 31.5 Å². The van der Waals surface area contributed by atoms with E-state index in [1.165, 1.54) is 18.9 Å². The van der Waals surface area contributed by atoms with E-state index in [0.29, 0.717) is 30.8 Å². The molecule has 3 aromatic rings. The molecule has 0 aliphatic carbocycles. The van der Waals surface area contributed by atoms with Gasteiger partial charge in [0.05, 0.1) is 18.4 Å². The third-order valence-corrected chi connectivity index (χ3v) is 6.83. The number of ether oxygens (including phenoxy) is 1. The van der Waals surface area contributed by atoms with Gasteiger partial charge in [-0.25, -0.2) is 18.4 Å². The number of fused-ring (bicyclic) bond motifs is 2. The van der Waals surface area contributed by atoms with Crippen LogP contribution < -0.4 is 5.69 Å². The van der Waals surface area contributed by atoms with Gasteiger partial charge in [-0.05, 0) is 50.3 Å². The van der Waals surface area contributed by atoms with Crippen LogP contribution >= 0.6 is 0 Å². The summed E-state index contributed by atoms with van der Waals surface area (Å²) >= 11 is 0. The Balaban J connectivity index is 1.13. The highest BCUT2D eigenvalue weighted by molar-refractivity contribution is 5.30. The summed E-state index contributed by atoms with van der Waals surface area (Å²) in [5.41, 5.74) is 1.36. The van der Waals surface area contributed by atoms with Gasteiger partial charge >= 0.3 is 5.69 Å². The Bertz CT molecular complexity index is 1080. The van der Waals surface area contributed by atoms with E-state index in [9.17, 15) is 9.18 Å². The summed E-state index contributed by atoms with van der Waals surface area (Å²) in [6, 6.07) is 17.4. The van der Waals surface area contributed by atoms with Crippen molar-refractivity contribution in [1.82, 2.24) is 19.2 Å². The largest absolute Gasteiger partial charge is 0.373 e. The second-order valence-electron chi connectivity index (χ2n) is 8.81. The van der Waals surface area contributed by atoms with Crippen LogP contribution in [0, 0.1) is 5.82 Å². The number of nitrogens with zero attached hydrogens (tertiary/aromatic N) is 4. The van der Waals surface area contributed by atoms with Gasteiger partial charge in [0.25, 0.3) is 0 Å². The fourth-order valence-electron chi connectivity index (χ4n) is 5.21. The van der Waals surface area contributed by atoms with Crippen molar-refractivity contribution < 1.29 is 9.13 Å². The molecule has 1 aromatic heterocycles. The Morgan fingerprint density at radius 1 is 0.969 bits per heavy atom. The number of aromatic nitrogens is 3. The number of piperidine rings is 1. The fourth-order valence-corrected chi connectivity index (χ4v) is 5.21. The van der Waals surface area contributed by atoms with E-state index < -0.39 is 0 Å². The summed E-state index contributed by atoms with van der Waals surface area (Å²) in [5.74, 6) is -0.196. The fraction of sp³-hybridized carbons (Fsp3) is 0.440. The zero-order chi connectivity index (χ0) is 21.9. The molecule has 2 unspecified atom stereocenters. The van der Waals surface area contributed by atoms with Crippen LogP contribution in [0.1, 0.15) is 37.7 Å². The molecule has 32 heavy (non-hydrogen) atoms. The number of halogens is 1. The van der Waals surface area contributed by atoms with Crippen molar-refractivity contribution in [3.05, 3.63) is 82.8 Å². The summed E-state index contributed by atoms with van der Waals surface area (Å²) in [6.45, 7) is 1.91. The minimum atomic E-state index is -0.196. The van der Waals surface area contributed by atoms with Gasteiger partial charge in [-0.1, -0.05) is 36.4 Å². The molecule has 3 heterocycles. The monoisotopic (exact) mass is 436 g/mol. The number of para-hydroxylation sites is 1. The van der Waals surface area contributed by atoms with E-state index in [4.69, 9.17) is 4.74 Å². The van der Waals surface area contributed by atoms with E-state index in [1.54, 1.807) is 27.7 Å². The standard InChI is InChI=1S/C25H29FN4O2/c26-24-10-5-4-7-19(24)17-32-23-15-21-11-12-22(16-23)28(21)13-6-14-30-25(31)29(18-27-30)20-8-2-1-3-9-20/h1-5,7-10,18,21-23H,6,11-17H2. The van der Waals surface area contributed by atoms with E-state index in [1.807, 2.05) is 36.4 Å². The Labute approximate surface area is 187 Å². The van der Waals surface area contributed by atoms with Gasteiger partial charge in [0.15, 0.2) is 0 Å². The van der Waals surface area contributed by atoms with Crippen LogP contribution in [0.4, 0.5) is 4.39 Å². The maximum absolute atomic E-state index is 13.9. The first kappa shape index (κ1) is 21.1. The van der Waals surface area contributed by atoms with Gasteiger partial charge in [-0.3, -0.25) is 4.90 Å². The van der Waals surface area contributed by atoms with E-state index in [2.05, 4.69) is 10.00 Å². The smallest absolute Gasteiger partial charge is 0.350 e. The topological polar surface area (TPSA) is 52.3 Å². The molecule has 2 bridgehead atoms.